The molecule has 0 N–H and O–H groups in total. The number of aromatic nitrogens is 1. The van der Waals surface area contributed by atoms with Crippen LogP contribution in [0.4, 0.5) is 4.79 Å². The highest BCUT2D eigenvalue weighted by atomic mass is 16.6. The van der Waals surface area contributed by atoms with Crippen LogP contribution in [0.1, 0.15) is 33.4 Å². The number of hydrogen-bond acceptors (Lipinski definition) is 4. The first-order chi connectivity index (χ1) is 9.85. The van der Waals surface area contributed by atoms with Crippen molar-refractivity contribution in [2.24, 2.45) is 0 Å². The van der Waals surface area contributed by atoms with E-state index < -0.39 is 5.60 Å². The van der Waals surface area contributed by atoms with E-state index in [1.165, 1.54) is 0 Å². The minimum absolute atomic E-state index is 0.216. The molecule has 5 nitrogen and oxygen atoms in total. The van der Waals surface area contributed by atoms with Crippen LogP contribution in [-0.4, -0.2) is 52.2 Å². The molecule has 1 aromatic rings. The summed E-state index contributed by atoms with van der Waals surface area (Å²) >= 11 is 0. The van der Waals surface area contributed by atoms with Gasteiger partial charge in [-0.05, 0) is 39.8 Å². The molecule has 116 valence electrons. The summed E-state index contributed by atoms with van der Waals surface area (Å²) in [6.45, 7) is 10.9. The molecular weight excluding hydrogens is 266 g/mol. The Labute approximate surface area is 126 Å². The first kappa shape index (κ1) is 15.8. The number of pyridine rings is 1. The Kier molecular flexibility index (Phi) is 4.83. The van der Waals surface area contributed by atoms with Gasteiger partial charge in [0.25, 0.3) is 0 Å². The van der Waals surface area contributed by atoms with Crippen molar-refractivity contribution in [3.63, 3.8) is 0 Å². The first-order valence-corrected chi connectivity index (χ1v) is 7.47. The van der Waals surface area contributed by atoms with Crippen molar-refractivity contribution >= 4 is 6.09 Å². The molecule has 0 bridgehead atoms. The molecule has 1 fully saturated rings. The Morgan fingerprint density at radius 3 is 2.71 bits per heavy atom. The predicted molar refractivity (Wildman–Crippen MR) is 81.9 cm³/mol. The number of ether oxygens (including phenoxy) is 1. The van der Waals surface area contributed by atoms with E-state index in [1.807, 2.05) is 45.2 Å². The number of nitrogens with zero attached hydrogens (tertiary/aromatic N) is 3. The Bertz CT molecular complexity index is 470. The lowest BCUT2D eigenvalue weighted by atomic mass is 10.1. The molecule has 1 aromatic heterocycles. The number of piperazine rings is 1. The number of carbonyl (C=O) groups excluding carboxylic acids is 1. The lowest BCUT2D eigenvalue weighted by Crippen LogP contribution is -2.54. The summed E-state index contributed by atoms with van der Waals surface area (Å²) in [6, 6.07) is 6.26. The van der Waals surface area contributed by atoms with Crippen molar-refractivity contribution in [2.45, 2.75) is 45.9 Å². The molecular formula is C16H25N3O2. The summed E-state index contributed by atoms with van der Waals surface area (Å²) in [7, 11) is 0. The molecule has 2 heterocycles. The van der Waals surface area contributed by atoms with Crippen LogP contribution < -0.4 is 0 Å². The zero-order valence-electron chi connectivity index (χ0n) is 13.4. The maximum Gasteiger partial charge on any atom is 0.410 e. The molecule has 1 saturated heterocycles. The van der Waals surface area contributed by atoms with Crippen LogP contribution in [0, 0.1) is 0 Å². The van der Waals surface area contributed by atoms with E-state index in [9.17, 15) is 4.79 Å². The van der Waals surface area contributed by atoms with E-state index in [4.69, 9.17) is 4.74 Å². The first-order valence-electron chi connectivity index (χ1n) is 7.47. The third-order valence-electron chi connectivity index (χ3n) is 3.51. The second-order valence-electron chi connectivity index (χ2n) is 6.57. The molecule has 5 heteroatoms. The second-order valence-corrected chi connectivity index (χ2v) is 6.57. The quantitative estimate of drug-likeness (QED) is 0.840. The lowest BCUT2D eigenvalue weighted by molar-refractivity contribution is 0.00445. The van der Waals surface area contributed by atoms with E-state index in [2.05, 4.69) is 16.8 Å². The van der Waals surface area contributed by atoms with E-state index in [0.29, 0.717) is 19.1 Å². The Morgan fingerprint density at radius 2 is 2.14 bits per heavy atom. The Morgan fingerprint density at radius 1 is 1.38 bits per heavy atom. The molecule has 1 amide bonds. The van der Waals surface area contributed by atoms with Crippen LogP contribution >= 0.6 is 0 Å². The molecule has 21 heavy (non-hydrogen) atoms. The standard InChI is InChI=1S/C16H25N3O2/c1-13-11-19(15(20)21-16(2,3)4)10-9-18(13)12-14-7-5-6-8-17-14/h5-8,13H,9-12H2,1-4H3. The van der Waals surface area contributed by atoms with Crippen LogP contribution in [0.3, 0.4) is 0 Å². The van der Waals surface area contributed by atoms with Gasteiger partial charge < -0.3 is 9.64 Å². The van der Waals surface area contributed by atoms with Gasteiger partial charge in [0, 0.05) is 38.4 Å². The summed E-state index contributed by atoms with van der Waals surface area (Å²) < 4.78 is 5.44. The fourth-order valence-electron chi connectivity index (χ4n) is 2.42. The van der Waals surface area contributed by atoms with Gasteiger partial charge in [-0.3, -0.25) is 9.88 Å². The smallest absolute Gasteiger partial charge is 0.410 e. The van der Waals surface area contributed by atoms with Crippen LogP contribution in [0.5, 0.6) is 0 Å². The minimum Gasteiger partial charge on any atom is -0.444 e. The van der Waals surface area contributed by atoms with Gasteiger partial charge in [0.1, 0.15) is 5.60 Å². The SMILES string of the molecule is CC1CN(C(=O)OC(C)(C)C)CCN1Cc1ccccn1. The fraction of sp³-hybridized carbons (Fsp3) is 0.625. The molecule has 0 spiro atoms. The Balaban J connectivity index is 1.89. The molecule has 2 rings (SSSR count). The molecule has 0 aromatic carbocycles. The maximum atomic E-state index is 12.1. The summed E-state index contributed by atoms with van der Waals surface area (Å²) in [6.07, 6.45) is 1.60. The molecule has 1 aliphatic heterocycles. The van der Waals surface area contributed by atoms with Crippen molar-refractivity contribution in [1.29, 1.82) is 0 Å². The van der Waals surface area contributed by atoms with Gasteiger partial charge in [-0.25, -0.2) is 4.79 Å². The molecule has 0 aliphatic carbocycles. The van der Waals surface area contributed by atoms with Crippen LogP contribution in [0.15, 0.2) is 24.4 Å². The maximum absolute atomic E-state index is 12.1. The fourth-order valence-corrected chi connectivity index (χ4v) is 2.42. The zero-order valence-corrected chi connectivity index (χ0v) is 13.4. The molecule has 1 atom stereocenters. The van der Waals surface area contributed by atoms with Crippen LogP contribution in [0.2, 0.25) is 0 Å². The van der Waals surface area contributed by atoms with Gasteiger partial charge in [-0.15, -0.1) is 0 Å². The van der Waals surface area contributed by atoms with Gasteiger partial charge in [-0.2, -0.15) is 0 Å². The van der Waals surface area contributed by atoms with E-state index in [-0.39, 0.29) is 6.09 Å². The van der Waals surface area contributed by atoms with E-state index in [0.717, 1.165) is 18.8 Å². The van der Waals surface area contributed by atoms with Gasteiger partial charge in [-0.1, -0.05) is 6.07 Å². The van der Waals surface area contributed by atoms with Gasteiger partial charge in [0.05, 0.1) is 5.69 Å². The highest BCUT2D eigenvalue weighted by molar-refractivity contribution is 5.68. The highest BCUT2D eigenvalue weighted by Gasteiger charge is 2.29. The third-order valence-corrected chi connectivity index (χ3v) is 3.51. The van der Waals surface area contributed by atoms with E-state index in [1.54, 1.807) is 4.90 Å². The number of carbonyl (C=O) groups is 1. The van der Waals surface area contributed by atoms with Gasteiger partial charge in [0.2, 0.25) is 0 Å². The molecule has 1 unspecified atom stereocenters. The Hall–Kier alpha value is -1.62. The molecule has 0 radical (unpaired) electrons. The third kappa shape index (κ3) is 4.70. The topological polar surface area (TPSA) is 45.7 Å². The van der Waals surface area contributed by atoms with Crippen molar-refractivity contribution in [1.82, 2.24) is 14.8 Å². The number of rotatable bonds is 2. The number of amides is 1. The molecule has 0 saturated carbocycles. The largest absolute Gasteiger partial charge is 0.444 e. The minimum atomic E-state index is -0.439. The highest BCUT2D eigenvalue weighted by Crippen LogP contribution is 2.16. The summed E-state index contributed by atoms with van der Waals surface area (Å²) in [5.41, 5.74) is 0.626. The van der Waals surface area contributed by atoms with Crippen LogP contribution in [-0.2, 0) is 11.3 Å². The van der Waals surface area contributed by atoms with Gasteiger partial charge in [0.15, 0.2) is 0 Å². The van der Waals surface area contributed by atoms with Crippen molar-refractivity contribution in [2.75, 3.05) is 19.6 Å². The van der Waals surface area contributed by atoms with Crippen LogP contribution in [0.25, 0.3) is 0 Å². The average molecular weight is 291 g/mol. The monoisotopic (exact) mass is 291 g/mol. The number of hydrogen-bond donors (Lipinski definition) is 0. The second kappa shape index (κ2) is 6.43. The molecule has 1 aliphatic rings. The predicted octanol–water partition coefficient (Wildman–Crippen LogP) is 2.52. The van der Waals surface area contributed by atoms with Gasteiger partial charge >= 0.3 is 6.09 Å². The van der Waals surface area contributed by atoms with Crippen molar-refractivity contribution in [3.05, 3.63) is 30.1 Å². The average Bonchev–Trinajstić information content (AvgIpc) is 2.40. The normalized spacial score (nSPS) is 20.4. The van der Waals surface area contributed by atoms with E-state index >= 15 is 0 Å². The summed E-state index contributed by atoms with van der Waals surface area (Å²) in [5.74, 6) is 0. The lowest BCUT2D eigenvalue weighted by Gasteiger charge is -2.40. The summed E-state index contributed by atoms with van der Waals surface area (Å²) in [5, 5.41) is 0. The zero-order chi connectivity index (χ0) is 15.5. The van der Waals surface area contributed by atoms with Crippen molar-refractivity contribution in [3.8, 4) is 0 Å². The summed E-state index contributed by atoms with van der Waals surface area (Å²) in [4.78, 5) is 20.6. The van der Waals surface area contributed by atoms with Crippen molar-refractivity contribution < 1.29 is 9.53 Å².